The van der Waals surface area contributed by atoms with Crippen molar-refractivity contribution in [2.75, 3.05) is 6.61 Å². The van der Waals surface area contributed by atoms with Crippen LogP contribution in [-0.4, -0.2) is 17.1 Å². The van der Waals surface area contributed by atoms with Crippen LogP contribution in [0.3, 0.4) is 0 Å². The van der Waals surface area contributed by atoms with Crippen LogP contribution in [0, 0.1) is 6.92 Å². The minimum Gasteiger partial charge on any atom is -0.464 e. The van der Waals surface area contributed by atoms with Crippen molar-refractivity contribution in [1.29, 1.82) is 0 Å². The van der Waals surface area contributed by atoms with E-state index in [1.54, 1.807) is 0 Å². The Morgan fingerprint density at radius 2 is 2.17 bits per heavy atom. The minimum absolute atomic E-state index is 0.164. The van der Waals surface area contributed by atoms with Crippen LogP contribution in [0.25, 0.3) is 10.9 Å². The van der Waals surface area contributed by atoms with E-state index in [1.165, 1.54) is 5.56 Å². The van der Waals surface area contributed by atoms with Crippen molar-refractivity contribution in [3.8, 4) is 0 Å². The van der Waals surface area contributed by atoms with Crippen molar-refractivity contribution >= 4 is 16.9 Å². The number of fused-ring (bicyclic) bond motifs is 1. The second-order valence-corrected chi connectivity index (χ2v) is 4.58. The summed E-state index contributed by atoms with van der Waals surface area (Å²) in [6.45, 7) is 4.94. The molecule has 0 aliphatic rings. The number of rotatable bonds is 5. The van der Waals surface area contributed by atoms with Gasteiger partial charge in [-0.1, -0.05) is 25.5 Å². The number of nitrogens with zero attached hydrogens (tertiary/aromatic N) is 1. The summed E-state index contributed by atoms with van der Waals surface area (Å²) in [6, 6.07) is 8.26. The third kappa shape index (κ3) is 2.92. The quantitative estimate of drug-likeness (QED) is 0.598. The lowest BCUT2D eigenvalue weighted by atomic mass is 10.2. The molecule has 96 valence electrons. The lowest BCUT2D eigenvalue weighted by Gasteiger charge is -2.06. The summed E-state index contributed by atoms with van der Waals surface area (Å²) in [5.41, 5.74) is 2.28. The summed E-state index contributed by atoms with van der Waals surface area (Å²) < 4.78 is 7.12. The van der Waals surface area contributed by atoms with Crippen molar-refractivity contribution < 1.29 is 9.53 Å². The Morgan fingerprint density at radius 3 is 2.94 bits per heavy atom. The first-order valence-corrected chi connectivity index (χ1v) is 6.42. The fourth-order valence-corrected chi connectivity index (χ4v) is 1.95. The van der Waals surface area contributed by atoms with Crippen LogP contribution < -0.4 is 0 Å². The van der Waals surface area contributed by atoms with Crippen molar-refractivity contribution in [2.24, 2.45) is 0 Å². The van der Waals surface area contributed by atoms with Gasteiger partial charge in [-0.15, -0.1) is 0 Å². The molecule has 3 heteroatoms. The van der Waals surface area contributed by atoms with Gasteiger partial charge in [0.2, 0.25) is 0 Å². The monoisotopic (exact) mass is 245 g/mol. The van der Waals surface area contributed by atoms with E-state index in [1.807, 2.05) is 16.8 Å². The van der Waals surface area contributed by atoms with Crippen molar-refractivity contribution in [2.45, 2.75) is 33.2 Å². The highest BCUT2D eigenvalue weighted by Crippen LogP contribution is 2.17. The number of benzene rings is 1. The number of hydrogen-bond acceptors (Lipinski definition) is 2. The zero-order valence-electron chi connectivity index (χ0n) is 11.0. The molecule has 1 aromatic heterocycles. The van der Waals surface area contributed by atoms with Crippen molar-refractivity contribution in [1.82, 2.24) is 4.57 Å². The molecule has 2 rings (SSSR count). The van der Waals surface area contributed by atoms with E-state index in [0.29, 0.717) is 6.61 Å². The second-order valence-electron chi connectivity index (χ2n) is 4.58. The van der Waals surface area contributed by atoms with Crippen LogP contribution in [0.5, 0.6) is 0 Å². The van der Waals surface area contributed by atoms with Crippen LogP contribution >= 0.6 is 0 Å². The zero-order valence-corrected chi connectivity index (χ0v) is 11.0. The number of aryl methyl sites for hydroxylation is 1. The molecule has 0 atom stereocenters. The molecule has 18 heavy (non-hydrogen) atoms. The van der Waals surface area contributed by atoms with Gasteiger partial charge >= 0.3 is 5.97 Å². The third-order valence-electron chi connectivity index (χ3n) is 2.99. The van der Waals surface area contributed by atoms with Crippen LogP contribution in [-0.2, 0) is 16.1 Å². The number of carbonyl (C=O) groups excluding carboxylic acids is 1. The molecule has 0 saturated heterocycles. The van der Waals surface area contributed by atoms with E-state index in [-0.39, 0.29) is 12.5 Å². The van der Waals surface area contributed by atoms with Crippen LogP contribution in [0.2, 0.25) is 0 Å². The SMILES string of the molecule is CCCCOC(=O)Cn1ccc2ccc(C)cc21. The van der Waals surface area contributed by atoms with Gasteiger partial charge < -0.3 is 9.30 Å². The molecule has 0 fully saturated rings. The normalized spacial score (nSPS) is 10.8. The number of esters is 1. The topological polar surface area (TPSA) is 31.2 Å². The number of carbonyl (C=O) groups is 1. The highest BCUT2D eigenvalue weighted by atomic mass is 16.5. The predicted octanol–water partition coefficient (Wildman–Crippen LogP) is 3.29. The van der Waals surface area contributed by atoms with E-state index in [9.17, 15) is 4.79 Å². The minimum atomic E-state index is -0.164. The van der Waals surface area contributed by atoms with E-state index < -0.39 is 0 Å². The fraction of sp³-hybridized carbons (Fsp3) is 0.400. The molecule has 0 bridgehead atoms. The Labute approximate surface area is 107 Å². The highest BCUT2D eigenvalue weighted by molar-refractivity contribution is 5.82. The van der Waals surface area contributed by atoms with Crippen LogP contribution in [0.15, 0.2) is 30.5 Å². The Hall–Kier alpha value is -1.77. The molecule has 0 aliphatic carbocycles. The number of ether oxygens (including phenoxy) is 1. The van der Waals surface area contributed by atoms with Gasteiger partial charge in [-0.25, -0.2) is 0 Å². The predicted molar refractivity (Wildman–Crippen MR) is 72.5 cm³/mol. The molecule has 0 aliphatic heterocycles. The summed E-state index contributed by atoms with van der Waals surface area (Å²) >= 11 is 0. The summed E-state index contributed by atoms with van der Waals surface area (Å²) in [5.74, 6) is -0.164. The van der Waals surface area contributed by atoms with E-state index in [4.69, 9.17) is 4.74 Å². The molecule has 1 aromatic carbocycles. The fourth-order valence-electron chi connectivity index (χ4n) is 1.95. The number of aromatic nitrogens is 1. The first kappa shape index (κ1) is 12.7. The molecule has 0 saturated carbocycles. The summed E-state index contributed by atoms with van der Waals surface area (Å²) in [4.78, 5) is 11.7. The van der Waals surface area contributed by atoms with Gasteiger partial charge in [-0.05, 0) is 36.4 Å². The van der Waals surface area contributed by atoms with Gasteiger partial charge in [0.15, 0.2) is 0 Å². The molecule has 1 heterocycles. The van der Waals surface area contributed by atoms with Crippen LogP contribution in [0.4, 0.5) is 0 Å². The highest BCUT2D eigenvalue weighted by Gasteiger charge is 2.07. The largest absolute Gasteiger partial charge is 0.464 e. The van der Waals surface area contributed by atoms with Gasteiger partial charge in [-0.2, -0.15) is 0 Å². The summed E-state index contributed by atoms with van der Waals surface area (Å²) in [6.07, 6.45) is 3.90. The Balaban J connectivity index is 2.07. The van der Waals surface area contributed by atoms with Crippen molar-refractivity contribution in [3.63, 3.8) is 0 Å². The molecule has 2 aromatic rings. The zero-order chi connectivity index (χ0) is 13.0. The smallest absolute Gasteiger partial charge is 0.325 e. The lowest BCUT2D eigenvalue weighted by Crippen LogP contribution is -2.13. The molecule has 3 nitrogen and oxygen atoms in total. The van der Waals surface area contributed by atoms with Crippen molar-refractivity contribution in [3.05, 3.63) is 36.0 Å². The molecule has 0 radical (unpaired) electrons. The van der Waals surface area contributed by atoms with Gasteiger partial charge in [0.05, 0.1) is 6.61 Å². The average molecular weight is 245 g/mol. The number of unbranched alkanes of at least 4 members (excludes halogenated alkanes) is 1. The summed E-state index contributed by atoms with van der Waals surface area (Å²) in [5, 5.41) is 1.15. The molecular formula is C15H19NO2. The Kier molecular flexibility index (Phi) is 4.03. The summed E-state index contributed by atoms with van der Waals surface area (Å²) in [7, 11) is 0. The maximum absolute atomic E-state index is 11.7. The maximum Gasteiger partial charge on any atom is 0.325 e. The Morgan fingerprint density at radius 1 is 1.33 bits per heavy atom. The molecule has 0 spiro atoms. The lowest BCUT2D eigenvalue weighted by molar-refractivity contribution is -0.144. The van der Waals surface area contributed by atoms with E-state index >= 15 is 0 Å². The van der Waals surface area contributed by atoms with Crippen LogP contribution in [0.1, 0.15) is 25.3 Å². The Bertz CT molecular complexity index is 542. The maximum atomic E-state index is 11.7. The first-order chi connectivity index (χ1) is 8.70. The first-order valence-electron chi connectivity index (χ1n) is 6.42. The molecule has 0 N–H and O–H groups in total. The average Bonchev–Trinajstić information content (AvgIpc) is 2.72. The van der Waals surface area contributed by atoms with Gasteiger partial charge in [0.1, 0.15) is 6.54 Å². The van der Waals surface area contributed by atoms with E-state index in [0.717, 1.165) is 23.7 Å². The van der Waals surface area contributed by atoms with E-state index in [2.05, 4.69) is 32.0 Å². The third-order valence-corrected chi connectivity index (χ3v) is 2.99. The molecule has 0 amide bonds. The number of hydrogen-bond donors (Lipinski definition) is 0. The second kappa shape index (κ2) is 5.71. The molecule has 0 unspecified atom stereocenters. The van der Waals surface area contributed by atoms with Gasteiger partial charge in [0.25, 0.3) is 0 Å². The molecular weight excluding hydrogens is 226 g/mol. The standard InChI is InChI=1S/C15H19NO2/c1-3-4-9-18-15(17)11-16-8-7-13-6-5-12(2)10-14(13)16/h5-8,10H,3-4,9,11H2,1-2H3. The van der Waals surface area contributed by atoms with Gasteiger partial charge in [0, 0.05) is 11.7 Å². The van der Waals surface area contributed by atoms with Gasteiger partial charge in [-0.3, -0.25) is 4.79 Å².